The maximum Gasteiger partial charge on any atom is 0.303 e. The van der Waals surface area contributed by atoms with Crippen LogP contribution in [0.2, 0.25) is 0 Å². The topological polar surface area (TPSA) is 47.4 Å². The molecule has 2 fully saturated rings. The molecule has 0 N–H and O–H groups in total. The van der Waals surface area contributed by atoms with Gasteiger partial charge in [0.25, 0.3) is 0 Å². The summed E-state index contributed by atoms with van der Waals surface area (Å²) in [5, 5.41) is 5.71. The summed E-state index contributed by atoms with van der Waals surface area (Å²) >= 11 is 0. The fraction of sp³-hybridized carbons (Fsp3) is 0.257. The molecular formula is C35H32FN3O2. The molecule has 5 aromatic rings. The third-order valence-electron chi connectivity index (χ3n) is 9.00. The van der Waals surface area contributed by atoms with E-state index in [0.717, 1.165) is 41.8 Å². The SMILES string of the molecule is CC(=O)OC(c1ccccc1)C1C2CN(Cc3ccccc3)CC21c1cc2cnn(-c3ccc(F)cc3)c2cc1C. The maximum absolute atomic E-state index is 13.6. The molecule has 6 heteroatoms. The molecule has 2 aliphatic rings. The van der Waals surface area contributed by atoms with Crippen molar-refractivity contribution < 1.29 is 13.9 Å². The monoisotopic (exact) mass is 545 g/mol. The minimum absolute atomic E-state index is 0.152. The molecule has 0 bridgehead atoms. The number of fused-ring (bicyclic) bond motifs is 2. The van der Waals surface area contributed by atoms with E-state index < -0.39 is 0 Å². The van der Waals surface area contributed by atoms with Crippen LogP contribution in [0.3, 0.4) is 0 Å². The van der Waals surface area contributed by atoms with Gasteiger partial charge in [-0.3, -0.25) is 9.69 Å². The van der Waals surface area contributed by atoms with E-state index in [1.165, 1.54) is 35.7 Å². The minimum atomic E-state index is -0.311. The highest BCUT2D eigenvalue weighted by molar-refractivity contribution is 5.83. The van der Waals surface area contributed by atoms with Crippen LogP contribution in [-0.4, -0.2) is 33.7 Å². The molecule has 0 spiro atoms. The summed E-state index contributed by atoms with van der Waals surface area (Å²) < 4.78 is 21.5. The van der Waals surface area contributed by atoms with E-state index in [0.29, 0.717) is 5.92 Å². The number of hydrogen-bond donors (Lipinski definition) is 0. The van der Waals surface area contributed by atoms with E-state index in [1.807, 2.05) is 29.1 Å². The molecule has 7 rings (SSSR count). The Balaban J connectivity index is 1.31. The average molecular weight is 546 g/mol. The Kier molecular flexibility index (Phi) is 6.24. The molecule has 1 saturated carbocycles. The molecule has 1 aliphatic carbocycles. The number of carbonyl (C=O) groups excluding carboxylic acids is 1. The lowest BCUT2D eigenvalue weighted by molar-refractivity contribution is -0.148. The zero-order valence-corrected chi connectivity index (χ0v) is 23.2. The minimum Gasteiger partial charge on any atom is -0.457 e. The van der Waals surface area contributed by atoms with E-state index in [-0.39, 0.29) is 29.2 Å². The Labute approximate surface area is 239 Å². The number of carbonyl (C=O) groups is 1. The number of piperidine rings is 1. The van der Waals surface area contributed by atoms with Gasteiger partial charge in [-0.25, -0.2) is 9.07 Å². The van der Waals surface area contributed by atoms with Crippen molar-refractivity contribution in [2.45, 2.75) is 31.9 Å². The van der Waals surface area contributed by atoms with Gasteiger partial charge < -0.3 is 4.74 Å². The van der Waals surface area contributed by atoms with Crippen molar-refractivity contribution in [1.29, 1.82) is 0 Å². The van der Waals surface area contributed by atoms with E-state index >= 15 is 0 Å². The Morgan fingerprint density at radius 1 is 1.02 bits per heavy atom. The van der Waals surface area contributed by atoms with Gasteiger partial charge in [0.15, 0.2) is 0 Å². The third-order valence-corrected chi connectivity index (χ3v) is 9.00. The molecule has 1 aliphatic heterocycles. The zero-order chi connectivity index (χ0) is 28.1. The molecule has 1 aromatic heterocycles. The summed E-state index contributed by atoms with van der Waals surface area (Å²) in [6.07, 6.45) is 1.58. The number of halogens is 1. The summed E-state index contributed by atoms with van der Waals surface area (Å²) in [6.45, 7) is 6.39. The zero-order valence-electron chi connectivity index (χ0n) is 23.2. The summed E-state index contributed by atoms with van der Waals surface area (Å²) in [7, 11) is 0. The lowest BCUT2D eigenvalue weighted by Crippen LogP contribution is -2.31. The molecule has 0 radical (unpaired) electrons. The largest absolute Gasteiger partial charge is 0.457 e. The number of benzene rings is 4. The van der Waals surface area contributed by atoms with E-state index in [4.69, 9.17) is 4.74 Å². The molecular weight excluding hydrogens is 513 g/mol. The smallest absolute Gasteiger partial charge is 0.303 e. The van der Waals surface area contributed by atoms with Gasteiger partial charge >= 0.3 is 5.97 Å². The van der Waals surface area contributed by atoms with E-state index in [2.05, 4.69) is 71.5 Å². The van der Waals surface area contributed by atoms with Crippen LogP contribution < -0.4 is 0 Å². The number of likely N-dealkylation sites (tertiary alicyclic amines) is 1. The van der Waals surface area contributed by atoms with Crippen molar-refractivity contribution in [1.82, 2.24) is 14.7 Å². The number of aryl methyl sites for hydroxylation is 1. The van der Waals surface area contributed by atoms with Crippen LogP contribution in [0.25, 0.3) is 16.6 Å². The summed E-state index contributed by atoms with van der Waals surface area (Å²) in [4.78, 5) is 14.9. The lowest BCUT2D eigenvalue weighted by Gasteiger charge is -2.29. The van der Waals surface area contributed by atoms with E-state index in [9.17, 15) is 9.18 Å². The first-order valence-electron chi connectivity index (χ1n) is 14.2. The second-order valence-corrected chi connectivity index (χ2v) is 11.5. The lowest BCUT2D eigenvalue weighted by atomic mass is 9.86. The molecule has 4 unspecified atom stereocenters. The highest BCUT2D eigenvalue weighted by Crippen LogP contribution is 2.69. The number of rotatable bonds is 7. The van der Waals surface area contributed by atoms with Crippen molar-refractivity contribution in [3.05, 3.63) is 131 Å². The van der Waals surface area contributed by atoms with Crippen molar-refractivity contribution in [3.8, 4) is 5.69 Å². The Hall–Kier alpha value is -4.29. The second-order valence-electron chi connectivity index (χ2n) is 11.5. The number of esters is 1. The van der Waals surface area contributed by atoms with Gasteiger partial charge in [0, 0.05) is 43.3 Å². The summed E-state index contributed by atoms with van der Waals surface area (Å²) in [6, 6.07) is 31.7. The average Bonchev–Trinajstić information content (AvgIpc) is 3.22. The van der Waals surface area contributed by atoms with Crippen molar-refractivity contribution >= 4 is 16.9 Å². The fourth-order valence-electron chi connectivity index (χ4n) is 7.31. The van der Waals surface area contributed by atoms with E-state index in [1.54, 1.807) is 12.1 Å². The highest BCUT2D eigenvalue weighted by atomic mass is 19.1. The molecule has 2 heterocycles. The molecule has 206 valence electrons. The van der Waals surface area contributed by atoms with Crippen LogP contribution in [0.4, 0.5) is 4.39 Å². The Morgan fingerprint density at radius 2 is 1.73 bits per heavy atom. The molecule has 1 saturated heterocycles. The predicted octanol–water partition coefficient (Wildman–Crippen LogP) is 6.78. The van der Waals surface area contributed by atoms with Crippen LogP contribution in [0, 0.1) is 24.6 Å². The normalized spacial score (nSPS) is 22.4. The van der Waals surface area contributed by atoms with Gasteiger partial charge in [-0.15, -0.1) is 0 Å². The van der Waals surface area contributed by atoms with Gasteiger partial charge in [-0.2, -0.15) is 5.10 Å². The maximum atomic E-state index is 13.6. The van der Waals surface area contributed by atoms with Gasteiger partial charge in [0.2, 0.25) is 0 Å². The van der Waals surface area contributed by atoms with Crippen molar-refractivity contribution in [2.24, 2.45) is 11.8 Å². The van der Waals surface area contributed by atoms with Crippen LogP contribution >= 0.6 is 0 Å². The number of aromatic nitrogens is 2. The Morgan fingerprint density at radius 3 is 2.44 bits per heavy atom. The van der Waals surface area contributed by atoms with Crippen LogP contribution in [0.1, 0.15) is 35.3 Å². The third kappa shape index (κ3) is 4.43. The van der Waals surface area contributed by atoms with Gasteiger partial charge in [-0.1, -0.05) is 60.7 Å². The number of ether oxygens (including phenoxy) is 1. The molecule has 0 amide bonds. The van der Waals surface area contributed by atoms with Gasteiger partial charge in [0.1, 0.15) is 11.9 Å². The quantitative estimate of drug-likeness (QED) is 0.212. The Bertz CT molecular complexity index is 1720. The summed E-state index contributed by atoms with van der Waals surface area (Å²) in [5.74, 6) is -0.00770. The predicted molar refractivity (Wildman–Crippen MR) is 157 cm³/mol. The first kappa shape index (κ1) is 25.7. The first-order chi connectivity index (χ1) is 19.9. The molecule has 5 nitrogen and oxygen atoms in total. The van der Waals surface area contributed by atoms with Gasteiger partial charge in [0.05, 0.1) is 17.4 Å². The second kappa shape index (κ2) is 9.96. The number of nitrogens with zero attached hydrogens (tertiary/aromatic N) is 3. The highest BCUT2D eigenvalue weighted by Gasteiger charge is 2.72. The molecule has 4 aromatic carbocycles. The number of hydrogen-bond acceptors (Lipinski definition) is 4. The van der Waals surface area contributed by atoms with Gasteiger partial charge in [-0.05, 0) is 71.5 Å². The van der Waals surface area contributed by atoms with Crippen LogP contribution in [0.5, 0.6) is 0 Å². The van der Waals surface area contributed by atoms with Crippen LogP contribution in [-0.2, 0) is 21.5 Å². The molecule has 41 heavy (non-hydrogen) atoms. The van der Waals surface area contributed by atoms with Crippen molar-refractivity contribution in [2.75, 3.05) is 13.1 Å². The standard InChI is InChI=1S/C35H32FN3O2/c1-23-17-32-27(19-37-39(32)29-15-13-28(36)14-16-29)18-30(23)35-22-38(20-25-9-5-3-6-10-25)21-31(35)33(35)34(41-24(2)40)26-11-7-4-8-12-26/h3-19,31,33-34H,20-22H2,1-2H3. The van der Waals surface area contributed by atoms with Crippen LogP contribution in [0.15, 0.2) is 103 Å². The summed E-state index contributed by atoms with van der Waals surface area (Å²) in [5.41, 5.74) is 6.48. The fourth-order valence-corrected chi connectivity index (χ4v) is 7.31. The molecule has 4 atom stereocenters. The first-order valence-corrected chi connectivity index (χ1v) is 14.2. The van der Waals surface area contributed by atoms with Crippen molar-refractivity contribution in [3.63, 3.8) is 0 Å².